The van der Waals surface area contributed by atoms with Crippen LogP contribution in [0.4, 0.5) is 10.1 Å². The van der Waals surface area contributed by atoms with E-state index in [1.165, 1.54) is 16.7 Å². The quantitative estimate of drug-likeness (QED) is 0.946. The van der Waals surface area contributed by atoms with Gasteiger partial charge in [0.2, 0.25) is 5.56 Å². The number of nitrogens with one attached hydrogen (secondary N) is 1. The lowest BCUT2D eigenvalue weighted by atomic mass is 10.2. The van der Waals surface area contributed by atoms with Crippen molar-refractivity contribution in [1.82, 2.24) is 4.57 Å². The highest BCUT2D eigenvalue weighted by Gasteiger charge is 2.03. The van der Waals surface area contributed by atoms with Gasteiger partial charge in [-0.15, -0.1) is 0 Å². The highest BCUT2D eigenvalue weighted by atomic mass is 79.9. The molecule has 1 aromatic heterocycles. The molecule has 0 saturated carbocycles. The molecule has 0 unspecified atom stereocenters. The van der Waals surface area contributed by atoms with Gasteiger partial charge in [0, 0.05) is 35.9 Å². The van der Waals surface area contributed by atoms with E-state index in [2.05, 4.69) is 21.2 Å². The number of aromatic nitrogens is 1. The summed E-state index contributed by atoms with van der Waals surface area (Å²) >= 11 is 3.30. The van der Waals surface area contributed by atoms with Crippen LogP contribution in [0.15, 0.2) is 45.8 Å². The minimum Gasteiger partial charge on any atom is -0.380 e. The number of rotatable bonds is 3. The SMILES string of the molecule is Cn1cc(NCc2cc(Br)ccc2F)ccc1=O. The Hall–Kier alpha value is -1.62. The summed E-state index contributed by atoms with van der Waals surface area (Å²) in [6.07, 6.45) is 1.68. The lowest BCUT2D eigenvalue weighted by Gasteiger charge is -2.08. The van der Waals surface area contributed by atoms with Crippen LogP contribution >= 0.6 is 15.9 Å². The molecule has 0 bridgehead atoms. The van der Waals surface area contributed by atoms with Crippen molar-refractivity contribution in [2.75, 3.05) is 5.32 Å². The van der Waals surface area contributed by atoms with E-state index >= 15 is 0 Å². The zero-order valence-corrected chi connectivity index (χ0v) is 11.4. The number of pyridine rings is 1. The monoisotopic (exact) mass is 310 g/mol. The van der Waals surface area contributed by atoms with Crippen LogP contribution in [0.5, 0.6) is 0 Å². The van der Waals surface area contributed by atoms with E-state index in [0.717, 1.165) is 10.2 Å². The molecule has 0 atom stereocenters. The smallest absolute Gasteiger partial charge is 0.250 e. The Kier molecular flexibility index (Phi) is 3.81. The maximum Gasteiger partial charge on any atom is 0.250 e. The summed E-state index contributed by atoms with van der Waals surface area (Å²) < 4.78 is 15.8. The molecule has 0 amide bonds. The standard InChI is InChI=1S/C13H12BrFN2O/c1-17-8-11(3-5-13(17)18)16-7-9-6-10(14)2-4-12(9)15/h2-6,8,16H,7H2,1H3. The van der Waals surface area contributed by atoms with Gasteiger partial charge in [-0.05, 0) is 24.3 Å². The van der Waals surface area contributed by atoms with Gasteiger partial charge in [-0.1, -0.05) is 15.9 Å². The number of halogens is 2. The number of anilines is 1. The molecule has 1 heterocycles. The fraction of sp³-hybridized carbons (Fsp3) is 0.154. The minimum atomic E-state index is -0.254. The van der Waals surface area contributed by atoms with Gasteiger partial charge in [0.1, 0.15) is 5.82 Å². The number of aryl methyl sites for hydroxylation is 1. The van der Waals surface area contributed by atoms with Crippen LogP contribution in [-0.4, -0.2) is 4.57 Å². The van der Waals surface area contributed by atoms with E-state index in [0.29, 0.717) is 12.1 Å². The number of hydrogen-bond acceptors (Lipinski definition) is 2. The molecule has 0 fully saturated rings. The molecule has 0 aliphatic carbocycles. The second kappa shape index (κ2) is 5.35. The summed E-state index contributed by atoms with van der Waals surface area (Å²) in [6.45, 7) is 0.365. The van der Waals surface area contributed by atoms with Crippen LogP contribution < -0.4 is 10.9 Å². The summed E-state index contributed by atoms with van der Waals surface area (Å²) in [5, 5.41) is 3.08. The second-order valence-corrected chi connectivity index (χ2v) is 4.87. The third-order valence-electron chi connectivity index (χ3n) is 2.58. The van der Waals surface area contributed by atoms with Gasteiger partial charge in [-0.2, -0.15) is 0 Å². The molecule has 0 radical (unpaired) electrons. The zero-order valence-electron chi connectivity index (χ0n) is 9.78. The third-order valence-corrected chi connectivity index (χ3v) is 3.07. The molecule has 0 aliphatic heterocycles. The fourth-order valence-corrected chi connectivity index (χ4v) is 1.98. The van der Waals surface area contributed by atoms with Gasteiger partial charge in [-0.25, -0.2) is 4.39 Å². The molecule has 94 valence electrons. The number of benzene rings is 1. The highest BCUT2D eigenvalue weighted by molar-refractivity contribution is 9.10. The molecule has 2 aromatic rings. The first-order valence-electron chi connectivity index (χ1n) is 5.41. The summed E-state index contributed by atoms with van der Waals surface area (Å²) in [5.74, 6) is -0.254. The Bertz CT molecular complexity index is 625. The Morgan fingerprint density at radius 1 is 1.33 bits per heavy atom. The van der Waals surface area contributed by atoms with Crippen molar-refractivity contribution >= 4 is 21.6 Å². The Morgan fingerprint density at radius 2 is 2.11 bits per heavy atom. The van der Waals surface area contributed by atoms with Crippen molar-refractivity contribution in [1.29, 1.82) is 0 Å². The average Bonchev–Trinajstić information content (AvgIpc) is 2.34. The molecule has 0 saturated heterocycles. The molecule has 1 aromatic carbocycles. The molecule has 0 aliphatic rings. The van der Waals surface area contributed by atoms with Gasteiger partial charge in [0.25, 0.3) is 0 Å². The maximum absolute atomic E-state index is 13.5. The summed E-state index contributed by atoms with van der Waals surface area (Å²) in [5.41, 5.74) is 1.27. The van der Waals surface area contributed by atoms with E-state index in [-0.39, 0.29) is 11.4 Å². The molecule has 0 spiro atoms. The first kappa shape index (κ1) is 12.8. The van der Waals surface area contributed by atoms with Crippen molar-refractivity contribution in [2.24, 2.45) is 7.05 Å². The van der Waals surface area contributed by atoms with Crippen molar-refractivity contribution in [3.05, 3.63) is 62.7 Å². The third kappa shape index (κ3) is 2.98. The molecular weight excluding hydrogens is 299 g/mol. The molecule has 1 N–H and O–H groups in total. The molecule has 5 heteroatoms. The number of nitrogens with zero attached hydrogens (tertiary/aromatic N) is 1. The Labute approximate surface area is 112 Å². The van der Waals surface area contributed by atoms with Crippen LogP contribution in [0.25, 0.3) is 0 Å². The van der Waals surface area contributed by atoms with Crippen molar-refractivity contribution < 1.29 is 4.39 Å². The predicted molar refractivity (Wildman–Crippen MR) is 73.1 cm³/mol. The van der Waals surface area contributed by atoms with Crippen LogP contribution in [0, 0.1) is 5.82 Å². The lowest BCUT2D eigenvalue weighted by Crippen LogP contribution is -2.15. The Morgan fingerprint density at radius 3 is 2.83 bits per heavy atom. The average molecular weight is 311 g/mol. The highest BCUT2D eigenvalue weighted by Crippen LogP contribution is 2.16. The first-order chi connectivity index (χ1) is 8.56. The van der Waals surface area contributed by atoms with Gasteiger partial charge in [0.05, 0.1) is 5.69 Å². The van der Waals surface area contributed by atoms with Gasteiger partial charge in [0.15, 0.2) is 0 Å². The van der Waals surface area contributed by atoms with Crippen molar-refractivity contribution in [3.63, 3.8) is 0 Å². The van der Waals surface area contributed by atoms with Crippen LogP contribution in [0.2, 0.25) is 0 Å². The molecular formula is C13H12BrFN2O. The van der Waals surface area contributed by atoms with Gasteiger partial charge in [-0.3, -0.25) is 4.79 Å². The van der Waals surface area contributed by atoms with E-state index in [1.54, 1.807) is 31.4 Å². The predicted octanol–water partition coefficient (Wildman–Crippen LogP) is 2.90. The van der Waals surface area contributed by atoms with Gasteiger partial charge < -0.3 is 9.88 Å². The lowest BCUT2D eigenvalue weighted by molar-refractivity contribution is 0.612. The molecule has 3 nitrogen and oxygen atoms in total. The maximum atomic E-state index is 13.5. The van der Waals surface area contributed by atoms with E-state index in [9.17, 15) is 9.18 Å². The first-order valence-corrected chi connectivity index (χ1v) is 6.20. The molecule has 2 rings (SSSR count). The summed E-state index contributed by atoms with van der Waals surface area (Å²) in [4.78, 5) is 11.2. The largest absolute Gasteiger partial charge is 0.380 e. The van der Waals surface area contributed by atoms with E-state index in [1.807, 2.05) is 0 Å². The number of hydrogen-bond donors (Lipinski definition) is 1. The summed E-state index contributed by atoms with van der Waals surface area (Å²) in [7, 11) is 1.67. The molecule has 18 heavy (non-hydrogen) atoms. The Balaban J connectivity index is 2.13. The van der Waals surface area contributed by atoms with Crippen LogP contribution in [0.3, 0.4) is 0 Å². The van der Waals surface area contributed by atoms with E-state index in [4.69, 9.17) is 0 Å². The zero-order chi connectivity index (χ0) is 13.1. The summed E-state index contributed by atoms with van der Waals surface area (Å²) in [6, 6.07) is 7.95. The van der Waals surface area contributed by atoms with Crippen molar-refractivity contribution in [2.45, 2.75) is 6.54 Å². The fourth-order valence-electron chi connectivity index (χ4n) is 1.57. The van der Waals surface area contributed by atoms with E-state index < -0.39 is 0 Å². The second-order valence-electron chi connectivity index (χ2n) is 3.96. The van der Waals surface area contributed by atoms with Gasteiger partial charge >= 0.3 is 0 Å². The van der Waals surface area contributed by atoms with Crippen molar-refractivity contribution in [3.8, 4) is 0 Å². The van der Waals surface area contributed by atoms with Crippen LogP contribution in [-0.2, 0) is 13.6 Å². The normalized spacial score (nSPS) is 10.4. The van der Waals surface area contributed by atoms with Crippen LogP contribution in [0.1, 0.15) is 5.56 Å². The minimum absolute atomic E-state index is 0.0748. The topological polar surface area (TPSA) is 34.0 Å².